The third kappa shape index (κ3) is 5.31. The Labute approximate surface area is 198 Å². The van der Waals surface area contributed by atoms with Crippen LogP contribution in [0.4, 0.5) is 5.69 Å². The third-order valence-corrected chi connectivity index (χ3v) is 6.32. The average molecular weight is 450 g/mol. The van der Waals surface area contributed by atoms with Crippen molar-refractivity contribution in [2.45, 2.75) is 24.1 Å². The summed E-state index contributed by atoms with van der Waals surface area (Å²) < 4.78 is 0. The van der Waals surface area contributed by atoms with Crippen LogP contribution >= 0.6 is 11.8 Å². The van der Waals surface area contributed by atoms with E-state index in [-0.39, 0.29) is 5.91 Å². The molecule has 0 fully saturated rings. The van der Waals surface area contributed by atoms with Gasteiger partial charge in [-0.1, -0.05) is 90.1 Å². The van der Waals surface area contributed by atoms with Gasteiger partial charge in [0, 0.05) is 16.8 Å². The van der Waals surface area contributed by atoms with Crippen LogP contribution in [-0.4, -0.2) is 16.1 Å². The van der Waals surface area contributed by atoms with E-state index >= 15 is 0 Å². The molecule has 33 heavy (non-hydrogen) atoms. The smallest absolute Gasteiger partial charge is 0.237 e. The van der Waals surface area contributed by atoms with E-state index in [0.29, 0.717) is 10.6 Å². The van der Waals surface area contributed by atoms with Crippen molar-refractivity contribution in [3.05, 3.63) is 102 Å². The molecule has 5 heteroatoms. The van der Waals surface area contributed by atoms with Crippen LogP contribution in [0.5, 0.6) is 0 Å². The number of carbonyl (C=O) groups is 1. The number of nitrogens with zero attached hydrogens (tertiary/aromatic N) is 2. The normalized spacial score (nSPS) is 11.4. The van der Waals surface area contributed by atoms with E-state index in [9.17, 15) is 10.1 Å². The van der Waals surface area contributed by atoms with E-state index in [2.05, 4.69) is 11.4 Å². The number of aryl methyl sites for hydroxylation is 1. The number of carbonyl (C=O) groups excluding carboxylic acids is 1. The quantitative estimate of drug-likeness (QED) is 0.332. The molecular weight excluding hydrogens is 426 g/mol. The Morgan fingerprint density at radius 3 is 2.15 bits per heavy atom. The van der Waals surface area contributed by atoms with Crippen LogP contribution in [0.3, 0.4) is 0 Å². The molecule has 162 valence electrons. The lowest BCUT2D eigenvalue weighted by molar-refractivity contribution is -0.115. The first-order valence-electron chi connectivity index (χ1n) is 10.7. The minimum Gasteiger partial charge on any atom is -0.325 e. The number of pyridine rings is 1. The number of anilines is 1. The molecule has 1 aromatic heterocycles. The van der Waals surface area contributed by atoms with Gasteiger partial charge in [-0.15, -0.1) is 0 Å². The zero-order valence-corrected chi connectivity index (χ0v) is 19.3. The molecule has 0 aliphatic heterocycles. The fourth-order valence-electron chi connectivity index (χ4n) is 3.42. The highest BCUT2D eigenvalue weighted by Gasteiger charge is 2.21. The first-order valence-corrected chi connectivity index (χ1v) is 11.5. The third-order valence-electron chi connectivity index (χ3n) is 5.23. The molecule has 0 aliphatic rings. The molecule has 1 atom stereocenters. The minimum absolute atomic E-state index is 0.138. The van der Waals surface area contributed by atoms with Crippen LogP contribution in [-0.2, 0) is 4.79 Å². The number of hydrogen-bond acceptors (Lipinski definition) is 4. The van der Waals surface area contributed by atoms with Gasteiger partial charge in [0.25, 0.3) is 0 Å². The fraction of sp³-hybridized carbons (Fsp3) is 0.107. The van der Waals surface area contributed by atoms with E-state index in [1.807, 2.05) is 105 Å². The summed E-state index contributed by atoms with van der Waals surface area (Å²) in [5, 5.41) is 13.1. The Hall–Kier alpha value is -3.88. The Kier molecular flexibility index (Phi) is 6.87. The SMILES string of the molecule is Cc1ccc(NC(=O)C(C)Sc2nc(-c3ccccc3)cc(-c3ccccc3)c2C#N)cc1. The molecule has 0 saturated carbocycles. The molecule has 1 amide bonds. The number of nitriles is 1. The fourth-order valence-corrected chi connectivity index (χ4v) is 4.34. The summed E-state index contributed by atoms with van der Waals surface area (Å²) in [6, 6.07) is 31.6. The molecule has 0 saturated heterocycles. The van der Waals surface area contributed by atoms with E-state index in [4.69, 9.17) is 4.98 Å². The Morgan fingerprint density at radius 1 is 0.939 bits per heavy atom. The summed E-state index contributed by atoms with van der Waals surface area (Å²) >= 11 is 1.30. The summed E-state index contributed by atoms with van der Waals surface area (Å²) in [6.07, 6.45) is 0. The lowest BCUT2D eigenvalue weighted by Gasteiger charge is -2.16. The van der Waals surface area contributed by atoms with Gasteiger partial charge in [-0.25, -0.2) is 4.98 Å². The van der Waals surface area contributed by atoms with E-state index in [1.54, 1.807) is 0 Å². The molecule has 3 aromatic carbocycles. The maximum Gasteiger partial charge on any atom is 0.237 e. The maximum absolute atomic E-state index is 12.9. The molecule has 4 rings (SSSR count). The van der Waals surface area contributed by atoms with Gasteiger partial charge in [-0.05, 0) is 37.6 Å². The first kappa shape index (κ1) is 22.3. The van der Waals surface area contributed by atoms with Crippen LogP contribution in [0.25, 0.3) is 22.4 Å². The van der Waals surface area contributed by atoms with Gasteiger partial charge < -0.3 is 5.32 Å². The highest BCUT2D eigenvalue weighted by atomic mass is 32.2. The van der Waals surface area contributed by atoms with Crippen LogP contribution in [0.2, 0.25) is 0 Å². The van der Waals surface area contributed by atoms with Gasteiger partial charge in [0.05, 0.1) is 16.5 Å². The van der Waals surface area contributed by atoms with Crippen molar-refractivity contribution in [1.29, 1.82) is 5.26 Å². The van der Waals surface area contributed by atoms with Crippen molar-refractivity contribution in [3.63, 3.8) is 0 Å². The lowest BCUT2D eigenvalue weighted by atomic mass is 9.99. The predicted molar refractivity (Wildman–Crippen MR) is 135 cm³/mol. The molecule has 4 nitrogen and oxygen atoms in total. The minimum atomic E-state index is -0.444. The number of nitrogens with one attached hydrogen (secondary N) is 1. The number of hydrogen-bond donors (Lipinski definition) is 1. The first-order chi connectivity index (χ1) is 16.0. The highest BCUT2D eigenvalue weighted by Crippen LogP contribution is 2.35. The molecular formula is C28H23N3OS. The second-order valence-electron chi connectivity index (χ2n) is 7.69. The summed E-state index contributed by atoms with van der Waals surface area (Å²) in [6.45, 7) is 3.83. The Balaban J connectivity index is 1.71. The number of amides is 1. The zero-order valence-electron chi connectivity index (χ0n) is 18.4. The van der Waals surface area contributed by atoms with Crippen molar-refractivity contribution in [3.8, 4) is 28.5 Å². The number of aromatic nitrogens is 1. The van der Waals surface area contributed by atoms with Crippen LogP contribution < -0.4 is 5.32 Å². The van der Waals surface area contributed by atoms with Crippen molar-refractivity contribution < 1.29 is 4.79 Å². The van der Waals surface area contributed by atoms with E-state index in [1.165, 1.54) is 11.8 Å². The van der Waals surface area contributed by atoms with Gasteiger partial charge in [0.15, 0.2) is 0 Å². The summed E-state index contributed by atoms with van der Waals surface area (Å²) in [4.78, 5) is 17.7. The molecule has 1 unspecified atom stereocenters. The summed E-state index contributed by atoms with van der Waals surface area (Å²) in [5.74, 6) is -0.138. The molecule has 0 spiro atoms. The molecule has 1 heterocycles. The zero-order chi connectivity index (χ0) is 23.2. The number of thioether (sulfide) groups is 1. The summed E-state index contributed by atoms with van der Waals surface area (Å²) in [5.41, 5.74) is 5.81. The molecule has 1 N–H and O–H groups in total. The maximum atomic E-state index is 12.9. The van der Waals surface area contributed by atoms with E-state index < -0.39 is 5.25 Å². The van der Waals surface area contributed by atoms with Gasteiger partial charge in [-0.2, -0.15) is 5.26 Å². The van der Waals surface area contributed by atoms with Crippen LogP contribution in [0.1, 0.15) is 18.1 Å². The van der Waals surface area contributed by atoms with Crippen LogP contribution in [0.15, 0.2) is 96.0 Å². The molecule has 0 bridgehead atoms. The van der Waals surface area contributed by atoms with Crippen molar-refractivity contribution in [2.75, 3.05) is 5.32 Å². The topological polar surface area (TPSA) is 65.8 Å². The lowest BCUT2D eigenvalue weighted by Crippen LogP contribution is -2.22. The monoisotopic (exact) mass is 449 g/mol. The predicted octanol–water partition coefficient (Wildman–Crippen LogP) is 6.72. The van der Waals surface area contributed by atoms with Gasteiger partial charge >= 0.3 is 0 Å². The summed E-state index contributed by atoms with van der Waals surface area (Å²) in [7, 11) is 0. The van der Waals surface area contributed by atoms with E-state index in [0.717, 1.165) is 33.6 Å². The number of rotatable bonds is 6. The standard InChI is InChI=1S/C28H23N3OS/c1-19-13-15-23(16-14-19)30-27(32)20(2)33-28-25(18-29)24(21-9-5-3-6-10-21)17-26(31-28)22-11-7-4-8-12-22/h3-17,20H,1-2H3,(H,30,32). The van der Waals surface area contributed by atoms with Crippen LogP contribution in [0, 0.1) is 18.3 Å². The average Bonchev–Trinajstić information content (AvgIpc) is 2.86. The van der Waals surface area contributed by atoms with Crippen molar-refractivity contribution >= 4 is 23.4 Å². The highest BCUT2D eigenvalue weighted by molar-refractivity contribution is 8.00. The van der Waals surface area contributed by atoms with Crippen molar-refractivity contribution in [2.24, 2.45) is 0 Å². The Bertz CT molecular complexity index is 1300. The second-order valence-corrected chi connectivity index (χ2v) is 9.02. The second kappa shape index (κ2) is 10.2. The van der Waals surface area contributed by atoms with Crippen molar-refractivity contribution in [1.82, 2.24) is 4.98 Å². The van der Waals surface area contributed by atoms with Gasteiger partial charge in [0.1, 0.15) is 11.1 Å². The largest absolute Gasteiger partial charge is 0.325 e. The molecule has 0 aliphatic carbocycles. The molecule has 0 radical (unpaired) electrons. The van der Waals surface area contributed by atoms with Gasteiger partial charge in [0.2, 0.25) is 5.91 Å². The number of benzene rings is 3. The van der Waals surface area contributed by atoms with Gasteiger partial charge in [-0.3, -0.25) is 4.79 Å². The Morgan fingerprint density at radius 2 is 1.55 bits per heavy atom. The molecule has 4 aromatic rings.